The molecular weight excluding hydrogens is 190 g/mol. The minimum absolute atomic E-state index is 0.258. The Morgan fingerprint density at radius 3 is 2.36 bits per heavy atom. The van der Waals surface area contributed by atoms with Gasteiger partial charge in [0.2, 0.25) is 0 Å². The molecule has 0 saturated carbocycles. The van der Waals surface area contributed by atoms with E-state index in [2.05, 4.69) is 0 Å². The first-order valence-electron chi connectivity index (χ1n) is 3.91. The lowest BCUT2D eigenvalue weighted by atomic mass is 10.3. The largest absolute Gasteiger partial charge is 0.469 e. The predicted octanol–water partition coefficient (Wildman–Crippen LogP) is 3.35. The fourth-order valence-corrected chi connectivity index (χ4v) is 1.01. The van der Waals surface area contributed by atoms with Crippen molar-refractivity contribution in [2.45, 2.75) is 0 Å². The van der Waals surface area contributed by atoms with Gasteiger partial charge in [-0.15, -0.1) is 0 Å². The number of halogens is 2. The molecule has 72 valence electrons. The number of para-hydroxylation sites is 1. The van der Waals surface area contributed by atoms with Gasteiger partial charge >= 0.3 is 0 Å². The molecule has 0 unspecified atom stereocenters. The van der Waals surface area contributed by atoms with Crippen molar-refractivity contribution in [3.05, 3.63) is 48.4 Å². The summed E-state index contributed by atoms with van der Waals surface area (Å²) in [5.41, 5.74) is 0. The van der Waals surface area contributed by atoms with Crippen molar-refractivity contribution in [2.24, 2.45) is 0 Å². The molecule has 0 aliphatic rings. The number of ether oxygens (including phenoxy) is 1. The monoisotopic (exact) mass is 196 g/mol. The second-order valence-corrected chi connectivity index (χ2v) is 2.61. The van der Waals surface area contributed by atoms with E-state index in [0.717, 1.165) is 12.1 Å². The molecule has 2 rings (SSSR count). The van der Waals surface area contributed by atoms with E-state index < -0.39 is 17.4 Å². The van der Waals surface area contributed by atoms with Crippen LogP contribution in [0.1, 0.15) is 0 Å². The molecule has 1 aromatic carbocycles. The van der Waals surface area contributed by atoms with Crippen LogP contribution in [0, 0.1) is 11.6 Å². The van der Waals surface area contributed by atoms with Gasteiger partial charge in [-0.2, -0.15) is 0 Å². The second kappa shape index (κ2) is 3.49. The van der Waals surface area contributed by atoms with Gasteiger partial charge in [-0.3, -0.25) is 0 Å². The molecule has 14 heavy (non-hydrogen) atoms. The van der Waals surface area contributed by atoms with Crippen LogP contribution in [0.3, 0.4) is 0 Å². The van der Waals surface area contributed by atoms with Crippen LogP contribution in [0.5, 0.6) is 11.5 Å². The fourth-order valence-electron chi connectivity index (χ4n) is 1.01. The molecule has 0 saturated heterocycles. The van der Waals surface area contributed by atoms with E-state index in [-0.39, 0.29) is 5.75 Å². The number of hydrogen-bond donors (Lipinski definition) is 0. The van der Waals surface area contributed by atoms with Gasteiger partial charge in [-0.05, 0) is 12.1 Å². The Hall–Kier alpha value is -1.84. The molecule has 1 heterocycles. The van der Waals surface area contributed by atoms with Crippen molar-refractivity contribution >= 4 is 0 Å². The average molecular weight is 196 g/mol. The first-order chi connectivity index (χ1) is 6.77. The van der Waals surface area contributed by atoms with Gasteiger partial charge in [0, 0.05) is 6.07 Å². The molecule has 0 spiro atoms. The van der Waals surface area contributed by atoms with E-state index in [1.54, 1.807) is 0 Å². The van der Waals surface area contributed by atoms with E-state index in [0.29, 0.717) is 0 Å². The van der Waals surface area contributed by atoms with Gasteiger partial charge in [-0.1, -0.05) is 6.07 Å². The molecule has 0 aliphatic carbocycles. The summed E-state index contributed by atoms with van der Waals surface area (Å²) in [5.74, 6) is -1.65. The van der Waals surface area contributed by atoms with Crippen LogP contribution in [-0.4, -0.2) is 0 Å². The van der Waals surface area contributed by atoms with Crippen molar-refractivity contribution in [1.29, 1.82) is 0 Å². The van der Waals surface area contributed by atoms with Gasteiger partial charge in [0.25, 0.3) is 0 Å². The lowest BCUT2D eigenvalue weighted by molar-refractivity contribution is 0.401. The van der Waals surface area contributed by atoms with Crippen molar-refractivity contribution in [1.82, 2.24) is 0 Å². The predicted molar refractivity (Wildman–Crippen MR) is 45.1 cm³/mol. The molecule has 0 fully saturated rings. The summed E-state index contributed by atoms with van der Waals surface area (Å²) in [5, 5.41) is 0. The van der Waals surface area contributed by atoms with Gasteiger partial charge in [0.1, 0.15) is 6.26 Å². The summed E-state index contributed by atoms with van der Waals surface area (Å²) in [6.07, 6.45) is 2.61. The van der Waals surface area contributed by atoms with Crippen LogP contribution < -0.4 is 4.74 Å². The van der Waals surface area contributed by atoms with E-state index in [1.807, 2.05) is 0 Å². The van der Waals surface area contributed by atoms with Crippen molar-refractivity contribution < 1.29 is 17.9 Å². The Morgan fingerprint density at radius 1 is 1.07 bits per heavy atom. The third kappa shape index (κ3) is 1.59. The maximum atomic E-state index is 13.0. The summed E-state index contributed by atoms with van der Waals surface area (Å²) >= 11 is 0. The highest BCUT2D eigenvalue weighted by Crippen LogP contribution is 2.27. The second-order valence-electron chi connectivity index (χ2n) is 2.61. The van der Waals surface area contributed by atoms with Crippen molar-refractivity contribution in [2.75, 3.05) is 0 Å². The highest BCUT2D eigenvalue weighted by Gasteiger charge is 2.10. The smallest absolute Gasteiger partial charge is 0.198 e. The summed E-state index contributed by atoms with van der Waals surface area (Å²) in [6.45, 7) is 0. The summed E-state index contributed by atoms with van der Waals surface area (Å²) < 4.78 is 35.7. The average Bonchev–Trinajstić information content (AvgIpc) is 2.64. The minimum atomic E-state index is -0.744. The highest BCUT2D eigenvalue weighted by atomic mass is 19.1. The fraction of sp³-hybridized carbons (Fsp3) is 0. The Labute approximate surface area is 78.7 Å². The number of furan rings is 1. The molecule has 2 nitrogen and oxygen atoms in total. The van der Waals surface area contributed by atoms with E-state index in [1.165, 1.54) is 24.7 Å². The zero-order valence-corrected chi connectivity index (χ0v) is 7.04. The van der Waals surface area contributed by atoms with Gasteiger partial charge < -0.3 is 9.15 Å². The quantitative estimate of drug-likeness (QED) is 0.734. The molecular formula is C10H6F2O2. The molecule has 2 aromatic rings. The maximum Gasteiger partial charge on any atom is 0.198 e. The number of benzene rings is 1. The molecule has 0 radical (unpaired) electrons. The summed E-state index contributed by atoms with van der Waals surface area (Å²) in [7, 11) is 0. The zero-order chi connectivity index (χ0) is 9.97. The molecule has 0 amide bonds. The van der Waals surface area contributed by atoms with E-state index >= 15 is 0 Å². The Morgan fingerprint density at radius 2 is 1.79 bits per heavy atom. The summed E-state index contributed by atoms with van der Waals surface area (Å²) in [4.78, 5) is 0. The van der Waals surface area contributed by atoms with Crippen molar-refractivity contribution in [3.63, 3.8) is 0 Å². The number of rotatable bonds is 2. The Balaban J connectivity index is 2.33. The number of hydrogen-bond acceptors (Lipinski definition) is 2. The lowest BCUT2D eigenvalue weighted by Gasteiger charge is -2.04. The van der Waals surface area contributed by atoms with Gasteiger partial charge in [0.05, 0.1) is 6.26 Å². The summed E-state index contributed by atoms with van der Waals surface area (Å²) in [6, 6.07) is 4.98. The minimum Gasteiger partial charge on any atom is -0.469 e. The SMILES string of the molecule is Fc1cccc(F)c1Oc1ccoc1. The Bertz CT molecular complexity index is 403. The van der Waals surface area contributed by atoms with Gasteiger partial charge in [0.15, 0.2) is 23.1 Å². The normalized spacial score (nSPS) is 10.1. The lowest BCUT2D eigenvalue weighted by Crippen LogP contribution is -1.90. The molecule has 4 heteroatoms. The molecule has 0 aliphatic heterocycles. The molecule has 0 bridgehead atoms. The Kier molecular flexibility index (Phi) is 2.18. The first-order valence-corrected chi connectivity index (χ1v) is 3.91. The van der Waals surface area contributed by atoms with E-state index in [9.17, 15) is 8.78 Å². The van der Waals surface area contributed by atoms with Crippen LogP contribution >= 0.6 is 0 Å². The molecule has 0 atom stereocenters. The van der Waals surface area contributed by atoms with Crippen LogP contribution in [0.4, 0.5) is 8.78 Å². The first kappa shape index (κ1) is 8.74. The van der Waals surface area contributed by atoms with Gasteiger partial charge in [-0.25, -0.2) is 8.78 Å². The molecule has 1 aromatic heterocycles. The van der Waals surface area contributed by atoms with Crippen LogP contribution in [0.15, 0.2) is 41.2 Å². The topological polar surface area (TPSA) is 22.4 Å². The third-order valence-corrected chi connectivity index (χ3v) is 1.63. The maximum absolute atomic E-state index is 13.0. The van der Waals surface area contributed by atoms with E-state index in [4.69, 9.17) is 9.15 Å². The zero-order valence-electron chi connectivity index (χ0n) is 7.04. The van der Waals surface area contributed by atoms with Crippen LogP contribution in [0.2, 0.25) is 0 Å². The third-order valence-electron chi connectivity index (χ3n) is 1.63. The standard InChI is InChI=1S/C10H6F2O2/c11-8-2-1-3-9(12)10(8)14-7-4-5-13-6-7/h1-6H. The van der Waals surface area contributed by atoms with Crippen molar-refractivity contribution in [3.8, 4) is 11.5 Å². The highest BCUT2D eigenvalue weighted by molar-refractivity contribution is 5.31. The van der Waals surface area contributed by atoms with Crippen LogP contribution in [-0.2, 0) is 0 Å². The molecule has 0 N–H and O–H groups in total. The van der Waals surface area contributed by atoms with Crippen LogP contribution in [0.25, 0.3) is 0 Å².